The molecule has 5 N–H and O–H groups in total. The van der Waals surface area contributed by atoms with Crippen LogP contribution in [0.3, 0.4) is 0 Å². The predicted octanol–water partition coefficient (Wildman–Crippen LogP) is -1.14. The zero-order valence-corrected chi connectivity index (χ0v) is 13.9. The summed E-state index contributed by atoms with van der Waals surface area (Å²) >= 11 is 0.927. The fraction of sp³-hybridized carbons (Fsp3) is 0.917. The van der Waals surface area contributed by atoms with Crippen molar-refractivity contribution in [3.8, 4) is 0 Å². The minimum Gasteiger partial charge on any atom is -0.410 e. The normalized spacial score (nSPS) is 34.6. The third-order valence-electron chi connectivity index (χ3n) is 3.28. The van der Waals surface area contributed by atoms with Crippen LogP contribution < -0.4 is 0 Å². The lowest BCUT2D eigenvalue weighted by Crippen LogP contribution is -2.57. The highest BCUT2D eigenvalue weighted by Gasteiger charge is 2.44. The quantitative estimate of drug-likeness (QED) is 0.127. The van der Waals surface area contributed by atoms with Gasteiger partial charge in [0.2, 0.25) is 0 Å². The van der Waals surface area contributed by atoms with Gasteiger partial charge < -0.3 is 30.4 Å². The van der Waals surface area contributed by atoms with Gasteiger partial charge in [-0.05, 0) is 19.3 Å². The summed E-state index contributed by atoms with van der Waals surface area (Å²) in [4.78, 5) is 0. The fourth-order valence-corrected chi connectivity index (χ4v) is 3.70. The van der Waals surface area contributed by atoms with Crippen LogP contribution in [0.4, 0.5) is 0 Å². The molecule has 10 heteroatoms. The number of thioether (sulfide) groups is 1. The third kappa shape index (κ3) is 5.76. The van der Waals surface area contributed by atoms with Crippen molar-refractivity contribution < 1.29 is 34.6 Å². The summed E-state index contributed by atoms with van der Waals surface area (Å²) < 4.78 is 16.3. The maximum Gasteiger partial charge on any atom is 0.138 e. The van der Waals surface area contributed by atoms with Crippen molar-refractivity contribution in [1.82, 2.24) is 0 Å². The molecule has 1 aliphatic rings. The van der Waals surface area contributed by atoms with Crippen LogP contribution in [0.15, 0.2) is 5.16 Å². The Morgan fingerprint density at radius 2 is 1.91 bits per heavy atom. The molecule has 0 aromatic rings. The van der Waals surface area contributed by atoms with E-state index >= 15 is 0 Å². The molecule has 1 aliphatic heterocycles. The molecule has 8 nitrogen and oxygen atoms in total. The second-order valence-electron chi connectivity index (χ2n) is 5.04. The Balaban J connectivity index is 2.53. The van der Waals surface area contributed by atoms with E-state index in [1.165, 1.54) is 0 Å². The molecule has 1 saturated heterocycles. The van der Waals surface area contributed by atoms with Crippen LogP contribution in [-0.2, 0) is 15.5 Å². The summed E-state index contributed by atoms with van der Waals surface area (Å²) in [6, 6.07) is 0. The first-order chi connectivity index (χ1) is 10.4. The molecule has 130 valence electrons. The summed E-state index contributed by atoms with van der Waals surface area (Å²) in [6.45, 7) is -0.504. The Labute approximate surface area is 135 Å². The lowest BCUT2D eigenvalue weighted by atomic mass is 10.0. The number of aliphatic hydroxyl groups is 4. The zero-order chi connectivity index (χ0) is 16.7. The topological polar surface area (TPSA) is 140 Å². The van der Waals surface area contributed by atoms with Gasteiger partial charge in [0.05, 0.1) is 6.61 Å². The Hall–Kier alpha value is -0.230. The van der Waals surface area contributed by atoms with Crippen molar-refractivity contribution in [3.05, 3.63) is 0 Å². The minimum absolute atomic E-state index is 0.297. The minimum atomic E-state index is -1.45. The number of oxime groups is 1. The maximum absolute atomic E-state index is 11.0. The number of nitrogens with zero attached hydrogens (tertiary/aromatic N) is 1. The maximum atomic E-state index is 11.0. The van der Waals surface area contributed by atoms with E-state index in [-0.39, 0.29) is 0 Å². The Kier molecular flexibility index (Phi) is 8.83. The first kappa shape index (κ1) is 19.8. The van der Waals surface area contributed by atoms with E-state index in [4.69, 9.17) is 15.1 Å². The summed E-state index contributed by atoms with van der Waals surface area (Å²) in [6.07, 6.45) is -1.84. The highest BCUT2D eigenvalue weighted by molar-refractivity contribution is 8.14. The number of ether oxygens (including phenoxy) is 1. The van der Waals surface area contributed by atoms with Crippen LogP contribution in [0.25, 0.3) is 0 Å². The first-order valence-corrected chi connectivity index (χ1v) is 9.49. The molecular formula is C12H23NO7S2. The van der Waals surface area contributed by atoms with Gasteiger partial charge in [-0.3, -0.25) is 4.21 Å². The molecule has 0 saturated carbocycles. The van der Waals surface area contributed by atoms with Gasteiger partial charge in [-0.25, -0.2) is 0 Å². The molecule has 0 aromatic heterocycles. The van der Waals surface area contributed by atoms with Crippen LogP contribution in [0, 0.1) is 0 Å². The highest BCUT2D eigenvalue weighted by Crippen LogP contribution is 2.30. The molecule has 0 aliphatic carbocycles. The molecule has 3 unspecified atom stereocenters. The molecule has 1 fully saturated rings. The van der Waals surface area contributed by atoms with E-state index in [0.717, 1.165) is 11.8 Å². The number of hydrogen-bond donors (Lipinski definition) is 5. The molecule has 1 heterocycles. The largest absolute Gasteiger partial charge is 0.410 e. The van der Waals surface area contributed by atoms with Gasteiger partial charge in [0.1, 0.15) is 34.9 Å². The number of rotatable bonds is 7. The van der Waals surface area contributed by atoms with E-state index in [2.05, 4.69) is 5.16 Å². The Morgan fingerprint density at radius 1 is 1.23 bits per heavy atom. The van der Waals surface area contributed by atoms with E-state index in [1.54, 1.807) is 6.26 Å². The van der Waals surface area contributed by atoms with Crippen molar-refractivity contribution in [2.75, 3.05) is 18.6 Å². The van der Waals surface area contributed by atoms with Crippen LogP contribution >= 0.6 is 11.8 Å². The summed E-state index contributed by atoms with van der Waals surface area (Å²) in [5, 5.41) is 50.8. The summed E-state index contributed by atoms with van der Waals surface area (Å²) in [7, 11) is -0.871. The number of aliphatic hydroxyl groups excluding tert-OH is 4. The van der Waals surface area contributed by atoms with E-state index in [0.29, 0.717) is 30.1 Å². The SMILES string of the molecule is CS(=O)CCCC/C(=N/O)S[C@@H]1OC(CO)[C@@H](O)[C@H](O)C1O. The lowest BCUT2D eigenvalue weighted by molar-refractivity contribution is -0.205. The van der Waals surface area contributed by atoms with Crippen molar-refractivity contribution in [2.45, 2.75) is 49.1 Å². The number of unbranched alkanes of at least 4 members (excludes halogenated alkanes) is 1. The van der Waals surface area contributed by atoms with Crippen LogP contribution in [0.5, 0.6) is 0 Å². The summed E-state index contributed by atoms with van der Waals surface area (Å²) in [5.41, 5.74) is -0.957. The van der Waals surface area contributed by atoms with Gasteiger partial charge in [-0.1, -0.05) is 16.9 Å². The highest BCUT2D eigenvalue weighted by atomic mass is 32.2. The Bertz CT molecular complexity index is 394. The Morgan fingerprint density at radius 3 is 2.45 bits per heavy atom. The fourth-order valence-electron chi connectivity index (χ4n) is 2.01. The van der Waals surface area contributed by atoms with Crippen LogP contribution in [0.2, 0.25) is 0 Å². The number of hydrogen-bond acceptors (Lipinski definition) is 9. The molecule has 0 aromatic carbocycles. The van der Waals surface area contributed by atoms with Crippen molar-refractivity contribution in [2.24, 2.45) is 5.16 Å². The van der Waals surface area contributed by atoms with Crippen LogP contribution in [-0.4, -0.2) is 83.4 Å². The molecule has 6 atom stereocenters. The van der Waals surface area contributed by atoms with E-state index in [9.17, 15) is 19.5 Å². The second-order valence-corrected chi connectivity index (χ2v) is 7.77. The third-order valence-corrected chi connectivity index (χ3v) is 5.33. The second kappa shape index (κ2) is 9.81. The smallest absolute Gasteiger partial charge is 0.138 e. The molecule has 0 radical (unpaired) electrons. The molecule has 0 amide bonds. The molecule has 22 heavy (non-hydrogen) atoms. The molecule has 0 spiro atoms. The lowest BCUT2D eigenvalue weighted by Gasteiger charge is -2.39. The molecule has 0 bridgehead atoms. The summed E-state index contributed by atoms with van der Waals surface area (Å²) in [5.74, 6) is 0.559. The zero-order valence-electron chi connectivity index (χ0n) is 12.2. The predicted molar refractivity (Wildman–Crippen MR) is 83.4 cm³/mol. The molecular weight excluding hydrogens is 334 g/mol. The van der Waals surface area contributed by atoms with E-state index < -0.39 is 47.3 Å². The van der Waals surface area contributed by atoms with Gasteiger partial charge in [0.15, 0.2) is 0 Å². The van der Waals surface area contributed by atoms with Crippen molar-refractivity contribution in [1.29, 1.82) is 0 Å². The van der Waals surface area contributed by atoms with Crippen molar-refractivity contribution in [3.63, 3.8) is 0 Å². The standard InChI is InChI=1S/C12H23NO7S2/c1-22(19)5-3-2-4-8(13-18)21-12-11(17)10(16)9(15)7(6-14)20-12/h7,9-12,14-18H,2-6H2,1H3/b13-8-/t7?,9-,10+,11?,12+,22?/m1/s1. The van der Waals surface area contributed by atoms with Gasteiger partial charge in [-0.15, -0.1) is 0 Å². The van der Waals surface area contributed by atoms with E-state index in [1.807, 2.05) is 0 Å². The van der Waals surface area contributed by atoms with Crippen molar-refractivity contribution >= 4 is 27.6 Å². The average molecular weight is 357 g/mol. The molecule has 1 rings (SSSR count). The van der Waals surface area contributed by atoms with Gasteiger partial charge in [0, 0.05) is 22.8 Å². The average Bonchev–Trinajstić information content (AvgIpc) is 2.50. The van der Waals surface area contributed by atoms with Gasteiger partial charge in [-0.2, -0.15) is 0 Å². The first-order valence-electron chi connectivity index (χ1n) is 6.88. The van der Waals surface area contributed by atoms with Crippen LogP contribution in [0.1, 0.15) is 19.3 Å². The van der Waals surface area contributed by atoms with Gasteiger partial charge >= 0.3 is 0 Å². The van der Waals surface area contributed by atoms with Gasteiger partial charge in [0.25, 0.3) is 0 Å². The monoisotopic (exact) mass is 357 g/mol.